The highest BCUT2D eigenvalue weighted by Crippen LogP contribution is 2.25. The van der Waals surface area contributed by atoms with Crippen LogP contribution in [0.4, 0.5) is 0 Å². The predicted molar refractivity (Wildman–Crippen MR) is 117 cm³/mol. The third kappa shape index (κ3) is 4.96. The van der Waals surface area contributed by atoms with Crippen molar-refractivity contribution in [3.63, 3.8) is 0 Å². The molecule has 1 aromatic heterocycles. The first-order valence-corrected chi connectivity index (χ1v) is 9.70. The summed E-state index contributed by atoms with van der Waals surface area (Å²) in [5.41, 5.74) is 2.68. The molecule has 0 spiro atoms. The van der Waals surface area contributed by atoms with E-state index < -0.39 is 0 Å². The van der Waals surface area contributed by atoms with Gasteiger partial charge in [-0.15, -0.1) is 0 Å². The Labute approximate surface area is 180 Å². The van der Waals surface area contributed by atoms with Crippen molar-refractivity contribution >= 4 is 29.4 Å². The van der Waals surface area contributed by atoms with E-state index in [0.717, 1.165) is 5.69 Å². The molecule has 0 saturated carbocycles. The number of nitrogens with zero attached hydrogens (tertiary/aromatic N) is 3. The van der Waals surface area contributed by atoms with Crippen LogP contribution in [0.1, 0.15) is 21.6 Å². The smallest absolute Gasteiger partial charge is 0.259 e. The number of carbonyl (C=O) groups is 2. The Hall–Kier alpha value is -3.38. The number of aryl methyl sites for hydroxylation is 1. The summed E-state index contributed by atoms with van der Waals surface area (Å²) >= 11 is 6.50. The molecule has 154 valence electrons. The van der Waals surface area contributed by atoms with Gasteiger partial charge in [-0.25, -0.2) is 4.68 Å². The van der Waals surface area contributed by atoms with Gasteiger partial charge in [-0.2, -0.15) is 5.10 Å². The monoisotopic (exact) mass is 423 g/mol. The molecule has 0 bridgehead atoms. The predicted octanol–water partition coefficient (Wildman–Crippen LogP) is 4.20. The lowest BCUT2D eigenvalue weighted by Crippen LogP contribution is -2.27. The molecule has 0 radical (unpaired) electrons. The van der Waals surface area contributed by atoms with Gasteiger partial charge in [0.15, 0.2) is 12.4 Å². The topological polar surface area (TPSA) is 64.4 Å². The van der Waals surface area contributed by atoms with Gasteiger partial charge >= 0.3 is 0 Å². The largest absolute Gasteiger partial charge is 0.484 e. The van der Waals surface area contributed by atoms with Crippen LogP contribution < -0.4 is 4.74 Å². The summed E-state index contributed by atoms with van der Waals surface area (Å²) in [6.45, 7) is 1.75. The highest BCUT2D eigenvalue weighted by molar-refractivity contribution is 6.31. The zero-order valence-electron chi connectivity index (χ0n) is 17.0. The van der Waals surface area contributed by atoms with Gasteiger partial charge in [0.25, 0.3) is 5.91 Å². The molecular formula is C23H22ClN3O3. The fourth-order valence-electron chi connectivity index (χ4n) is 2.71. The van der Waals surface area contributed by atoms with E-state index in [4.69, 9.17) is 16.3 Å². The lowest BCUT2D eigenvalue weighted by atomic mass is 10.1. The molecule has 3 aromatic rings. The highest BCUT2D eigenvalue weighted by Gasteiger charge is 2.13. The van der Waals surface area contributed by atoms with E-state index in [9.17, 15) is 9.59 Å². The minimum Gasteiger partial charge on any atom is -0.484 e. The fourth-order valence-corrected chi connectivity index (χ4v) is 3.04. The van der Waals surface area contributed by atoms with Gasteiger partial charge in [-0.1, -0.05) is 41.9 Å². The second kappa shape index (κ2) is 9.41. The number of carbonyl (C=O) groups excluding carboxylic acids is 2. The van der Waals surface area contributed by atoms with Gasteiger partial charge in [-0.05, 0) is 43.3 Å². The Morgan fingerprint density at radius 2 is 1.87 bits per heavy atom. The Balaban J connectivity index is 1.76. The normalized spacial score (nSPS) is 10.9. The molecule has 0 aliphatic rings. The summed E-state index contributed by atoms with van der Waals surface area (Å²) < 4.78 is 7.11. The number of aromatic nitrogens is 2. The third-order valence-corrected chi connectivity index (χ3v) is 4.79. The molecule has 1 heterocycles. The van der Waals surface area contributed by atoms with Crippen LogP contribution >= 0.6 is 11.6 Å². The lowest BCUT2D eigenvalue weighted by Gasteiger charge is -2.11. The third-order valence-electron chi connectivity index (χ3n) is 4.43. The first-order chi connectivity index (χ1) is 14.4. The molecule has 0 fully saturated rings. The average molecular weight is 424 g/mol. The summed E-state index contributed by atoms with van der Waals surface area (Å²) in [7, 11) is 3.31. The number of allylic oxidation sites excluding steroid dienone is 1. The standard InChI is InChI=1S/C23H22ClN3O3/c1-16-20(23(24)27(25-16)18-9-5-4-6-10-18)12-13-21(28)17-8-7-11-19(14-17)30-15-22(29)26(2)3/h4-14H,15H2,1-3H3/b13-12+. The Kier molecular flexibility index (Phi) is 6.69. The summed E-state index contributed by atoms with van der Waals surface area (Å²) in [5.74, 6) is 0.0880. The second-order valence-electron chi connectivity index (χ2n) is 6.84. The molecule has 0 unspecified atom stereocenters. The molecule has 1 amide bonds. The molecule has 6 nitrogen and oxygen atoms in total. The van der Waals surface area contributed by atoms with E-state index in [2.05, 4.69) is 5.10 Å². The highest BCUT2D eigenvalue weighted by atomic mass is 35.5. The Morgan fingerprint density at radius 3 is 2.57 bits per heavy atom. The Bertz CT molecular complexity index is 1090. The zero-order valence-corrected chi connectivity index (χ0v) is 17.8. The zero-order chi connectivity index (χ0) is 21.7. The minimum atomic E-state index is -0.206. The van der Waals surface area contributed by atoms with Crippen molar-refractivity contribution in [1.29, 1.82) is 0 Å². The van der Waals surface area contributed by atoms with Crippen molar-refractivity contribution in [3.8, 4) is 11.4 Å². The first kappa shape index (κ1) is 21.3. The van der Waals surface area contributed by atoms with E-state index in [1.165, 1.54) is 11.0 Å². The molecule has 0 saturated heterocycles. The summed E-state index contributed by atoms with van der Waals surface area (Å²) in [6, 6.07) is 16.3. The van der Waals surface area contributed by atoms with Crippen molar-refractivity contribution in [3.05, 3.63) is 82.6 Å². The lowest BCUT2D eigenvalue weighted by molar-refractivity contribution is -0.130. The van der Waals surface area contributed by atoms with Crippen LogP contribution in [0.15, 0.2) is 60.7 Å². The van der Waals surface area contributed by atoms with Crippen molar-refractivity contribution < 1.29 is 14.3 Å². The number of likely N-dealkylation sites (N-methyl/N-ethyl adjacent to an activating group) is 1. The van der Waals surface area contributed by atoms with Crippen molar-refractivity contribution in [2.24, 2.45) is 0 Å². The first-order valence-electron chi connectivity index (χ1n) is 9.33. The molecule has 0 atom stereocenters. The van der Waals surface area contributed by atoms with Crippen LogP contribution in [-0.4, -0.2) is 47.1 Å². The van der Waals surface area contributed by atoms with Gasteiger partial charge in [0.1, 0.15) is 10.9 Å². The number of ketones is 1. The van der Waals surface area contributed by atoms with Gasteiger partial charge in [-0.3, -0.25) is 9.59 Å². The second-order valence-corrected chi connectivity index (χ2v) is 7.20. The number of hydrogen-bond acceptors (Lipinski definition) is 4. The molecule has 0 aliphatic carbocycles. The van der Waals surface area contributed by atoms with E-state index >= 15 is 0 Å². The number of rotatable bonds is 7. The minimum absolute atomic E-state index is 0.0893. The number of ether oxygens (including phenoxy) is 1. The van der Waals surface area contributed by atoms with Crippen LogP contribution in [-0.2, 0) is 4.79 Å². The molecule has 7 heteroatoms. The number of amides is 1. The maximum atomic E-state index is 12.6. The summed E-state index contributed by atoms with van der Waals surface area (Å²) in [4.78, 5) is 25.7. The van der Waals surface area contributed by atoms with Crippen molar-refractivity contribution in [2.45, 2.75) is 6.92 Å². The van der Waals surface area contributed by atoms with Gasteiger partial charge in [0.05, 0.1) is 11.4 Å². The fraction of sp³-hybridized carbons (Fsp3) is 0.174. The van der Waals surface area contributed by atoms with E-state index in [0.29, 0.717) is 27.7 Å². The van der Waals surface area contributed by atoms with Crippen LogP contribution in [0.5, 0.6) is 5.75 Å². The average Bonchev–Trinajstić information content (AvgIpc) is 3.04. The summed E-state index contributed by atoms with van der Waals surface area (Å²) in [5, 5.41) is 4.90. The molecule has 2 aromatic carbocycles. The van der Waals surface area contributed by atoms with Crippen LogP contribution in [0, 0.1) is 6.92 Å². The van der Waals surface area contributed by atoms with Gasteiger partial charge in [0.2, 0.25) is 0 Å². The number of halogens is 1. The van der Waals surface area contributed by atoms with E-state index in [-0.39, 0.29) is 18.3 Å². The maximum Gasteiger partial charge on any atom is 0.259 e. The molecule has 0 N–H and O–H groups in total. The maximum absolute atomic E-state index is 12.6. The SMILES string of the molecule is Cc1nn(-c2ccccc2)c(Cl)c1/C=C/C(=O)c1cccc(OCC(=O)N(C)C)c1. The van der Waals surface area contributed by atoms with Gasteiger partial charge < -0.3 is 9.64 Å². The van der Waals surface area contributed by atoms with Gasteiger partial charge in [0, 0.05) is 25.2 Å². The molecular weight excluding hydrogens is 402 g/mol. The van der Waals surface area contributed by atoms with E-state index in [1.54, 1.807) is 49.1 Å². The number of para-hydroxylation sites is 1. The van der Waals surface area contributed by atoms with Crippen molar-refractivity contribution in [1.82, 2.24) is 14.7 Å². The van der Waals surface area contributed by atoms with Crippen molar-refractivity contribution in [2.75, 3.05) is 20.7 Å². The molecule has 0 aliphatic heterocycles. The van der Waals surface area contributed by atoms with Crippen LogP contribution in [0.25, 0.3) is 11.8 Å². The Morgan fingerprint density at radius 1 is 1.13 bits per heavy atom. The number of benzene rings is 2. The molecule has 30 heavy (non-hydrogen) atoms. The quantitative estimate of drug-likeness (QED) is 0.422. The number of hydrogen-bond donors (Lipinski definition) is 0. The van der Waals surface area contributed by atoms with Crippen LogP contribution in [0.3, 0.4) is 0 Å². The van der Waals surface area contributed by atoms with Crippen LogP contribution in [0.2, 0.25) is 5.15 Å². The molecule has 3 rings (SSSR count). The summed E-state index contributed by atoms with van der Waals surface area (Å²) in [6.07, 6.45) is 3.12. The van der Waals surface area contributed by atoms with E-state index in [1.807, 2.05) is 37.3 Å².